The first-order valence-corrected chi connectivity index (χ1v) is 16.0. The number of fused-ring (bicyclic) bond motifs is 1. The van der Waals surface area contributed by atoms with Crippen molar-refractivity contribution < 1.29 is 14.6 Å². The Hall–Kier alpha value is -4.41. The number of rotatable bonds is 8. The first-order chi connectivity index (χ1) is 22.0. The Morgan fingerprint density at radius 3 is 2.61 bits per heavy atom. The Morgan fingerprint density at radius 2 is 1.89 bits per heavy atom. The van der Waals surface area contributed by atoms with Crippen LogP contribution in [0.25, 0.3) is 0 Å². The van der Waals surface area contributed by atoms with Crippen molar-refractivity contribution >= 4 is 17.6 Å². The molecule has 3 atom stereocenters. The Kier molecular flexibility index (Phi) is 10.3. The topological polar surface area (TPSA) is 141 Å². The number of nitrogens with zero attached hydrogens (tertiary/aromatic N) is 3. The van der Waals surface area contributed by atoms with Gasteiger partial charge in [-0.25, -0.2) is 9.79 Å². The molecule has 2 amide bonds. The number of amides is 2. The van der Waals surface area contributed by atoms with E-state index in [1.54, 1.807) is 18.2 Å². The van der Waals surface area contributed by atoms with E-state index in [0.717, 1.165) is 42.0 Å². The Morgan fingerprint density at radius 1 is 1.11 bits per heavy atom. The van der Waals surface area contributed by atoms with Gasteiger partial charge in [0.2, 0.25) is 0 Å². The summed E-state index contributed by atoms with van der Waals surface area (Å²) in [5.74, 6) is 1.04. The highest BCUT2D eigenvalue weighted by Crippen LogP contribution is 2.38. The molecule has 3 aromatic rings. The Bertz CT molecular complexity index is 1660. The van der Waals surface area contributed by atoms with Gasteiger partial charge in [0.15, 0.2) is 0 Å². The number of likely N-dealkylation sites (tertiary alicyclic amines) is 1. The van der Waals surface area contributed by atoms with Gasteiger partial charge in [-0.3, -0.25) is 10.7 Å². The zero-order valence-electron chi connectivity index (χ0n) is 27.3. The lowest BCUT2D eigenvalue weighted by molar-refractivity contribution is 0.170. The number of aliphatic imine (C=N–C) groups is 1. The minimum Gasteiger partial charge on any atom is -0.484 e. The van der Waals surface area contributed by atoms with Crippen LogP contribution >= 0.6 is 0 Å². The SMILES string of the molecule is CN1CCC[C@H]1Cn1cc(O[C@@H]2CC[C@H](NC(=O)NC(C=C(N)C(C)(C)C)=Nc3cccc(CO)c3)c3ccccc32)ccc1=N. The number of benzene rings is 2. The number of nitrogens with one attached hydrogen (secondary N) is 3. The predicted molar refractivity (Wildman–Crippen MR) is 181 cm³/mol. The number of aliphatic hydroxyl groups is 1. The van der Waals surface area contributed by atoms with Crippen molar-refractivity contribution in [1.82, 2.24) is 20.1 Å². The van der Waals surface area contributed by atoms with Crippen LogP contribution in [-0.4, -0.2) is 46.1 Å². The molecule has 0 bridgehead atoms. The maximum absolute atomic E-state index is 13.4. The summed E-state index contributed by atoms with van der Waals surface area (Å²) in [6.45, 7) is 7.74. The van der Waals surface area contributed by atoms with Crippen LogP contribution in [0.3, 0.4) is 0 Å². The third-order valence-corrected chi connectivity index (χ3v) is 8.84. The van der Waals surface area contributed by atoms with Crippen molar-refractivity contribution in [2.24, 2.45) is 16.1 Å². The van der Waals surface area contributed by atoms with Crippen LogP contribution in [0.15, 0.2) is 83.6 Å². The molecule has 10 heteroatoms. The summed E-state index contributed by atoms with van der Waals surface area (Å²) in [6, 6.07) is 18.7. The minimum absolute atomic E-state index is 0.105. The summed E-state index contributed by atoms with van der Waals surface area (Å²) >= 11 is 0. The molecule has 0 saturated carbocycles. The highest BCUT2D eigenvalue weighted by molar-refractivity contribution is 6.05. The van der Waals surface area contributed by atoms with E-state index in [2.05, 4.69) is 33.6 Å². The number of ether oxygens (including phenoxy) is 1. The number of hydrogen-bond acceptors (Lipinski definition) is 7. The molecule has 1 fully saturated rings. The van der Waals surface area contributed by atoms with E-state index in [-0.39, 0.29) is 24.2 Å². The summed E-state index contributed by atoms with van der Waals surface area (Å²) in [5.41, 5.74) is 10.4. The van der Waals surface area contributed by atoms with Gasteiger partial charge in [-0.05, 0) is 80.2 Å². The van der Waals surface area contributed by atoms with E-state index < -0.39 is 6.03 Å². The van der Waals surface area contributed by atoms with Gasteiger partial charge < -0.3 is 30.4 Å². The minimum atomic E-state index is -0.391. The molecule has 1 saturated heterocycles. The number of pyridine rings is 1. The lowest BCUT2D eigenvalue weighted by Crippen LogP contribution is -2.42. The number of aliphatic hydroxyl groups excluding tert-OH is 1. The molecule has 46 heavy (non-hydrogen) atoms. The van der Waals surface area contributed by atoms with Crippen LogP contribution in [0.1, 0.15) is 75.3 Å². The average Bonchev–Trinajstić information content (AvgIpc) is 3.43. The van der Waals surface area contributed by atoms with E-state index >= 15 is 0 Å². The van der Waals surface area contributed by atoms with E-state index in [0.29, 0.717) is 41.6 Å². The molecule has 2 aliphatic rings. The summed E-state index contributed by atoms with van der Waals surface area (Å²) in [7, 11) is 2.15. The third-order valence-electron chi connectivity index (χ3n) is 8.84. The van der Waals surface area contributed by atoms with Crippen molar-refractivity contribution in [2.45, 2.75) is 77.8 Å². The molecular formula is C36H47N7O3. The van der Waals surface area contributed by atoms with Crippen LogP contribution in [0.2, 0.25) is 0 Å². The van der Waals surface area contributed by atoms with E-state index in [4.69, 9.17) is 15.9 Å². The third kappa shape index (κ3) is 8.24. The summed E-state index contributed by atoms with van der Waals surface area (Å²) in [4.78, 5) is 20.4. The van der Waals surface area contributed by atoms with Crippen molar-refractivity contribution in [2.75, 3.05) is 13.6 Å². The first-order valence-electron chi connectivity index (χ1n) is 16.0. The number of hydrogen-bond donors (Lipinski definition) is 5. The largest absolute Gasteiger partial charge is 0.484 e. The van der Waals surface area contributed by atoms with Crippen LogP contribution in [0.5, 0.6) is 5.75 Å². The number of likely N-dealkylation sites (N-methyl/N-ethyl adjacent to an activating group) is 1. The zero-order valence-corrected chi connectivity index (χ0v) is 27.3. The zero-order chi connectivity index (χ0) is 32.8. The average molecular weight is 626 g/mol. The van der Waals surface area contributed by atoms with Gasteiger partial charge in [-0.15, -0.1) is 0 Å². The van der Waals surface area contributed by atoms with Gasteiger partial charge in [0, 0.05) is 36.0 Å². The fourth-order valence-electron chi connectivity index (χ4n) is 6.00. The summed E-state index contributed by atoms with van der Waals surface area (Å²) < 4.78 is 8.52. The Balaban J connectivity index is 1.31. The second kappa shape index (κ2) is 14.3. The molecular weight excluding hydrogens is 578 g/mol. The van der Waals surface area contributed by atoms with Gasteiger partial charge in [0.05, 0.1) is 18.3 Å². The monoisotopic (exact) mass is 625 g/mol. The van der Waals surface area contributed by atoms with Crippen LogP contribution in [-0.2, 0) is 13.2 Å². The Labute approximate surface area is 271 Å². The first kappa shape index (κ1) is 33.0. The molecule has 244 valence electrons. The lowest BCUT2D eigenvalue weighted by atomic mass is 9.85. The fraction of sp³-hybridized carbons (Fsp3) is 0.417. The number of allylic oxidation sites excluding steroid dienone is 1. The van der Waals surface area contributed by atoms with Crippen molar-refractivity contribution in [3.63, 3.8) is 0 Å². The number of aromatic nitrogens is 1. The van der Waals surface area contributed by atoms with Crippen LogP contribution in [0, 0.1) is 10.8 Å². The summed E-state index contributed by atoms with van der Waals surface area (Å²) in [6.07, 6.45) is 7.17. The second-order valence-electron chi connectivity index (χ2n) is 13.3. The molecule has 2 heterocycles. The molecule has 1 aliphatic heterocycles. The van der Waals surface area contributed by atoms with E-state index in [1.807, 2.05) is 74.0 Å². The normalized spacial score (nSPS) is 20.7. The fourth-order valence-corrected chi connectivity index (χ4v) is 6.00. The number of carbonyl (C=O) groups is 1. The second-order valence-corrected chi connectivity index (χ2v) is 13.3. The molecule has 0 spiro atoms. The van der Waals surface area contributed by atoms with Gasteiger partial charge in [-0.1, -0.05) is 57.2 Å². The van der Waals surface area contributed by atoms with E-state index in [9.17, 15) is 9.90 Å². The van der Waals surface area contributed by atoms with Crippen LogP contribution in [0.4, 0.5) is 10.5 Å². The maximum atomic E-state index is 13.4. The standard InChI is InChI=1S/C36H47N7O3/c1-36(2,3)32(37)20-34(39-25-10-7-9-24(19-25)23-44)41-35(45)40-30-15-16-31(29-13-6-5-12-28(29)30)46-27-14-17-33(38)43(22-27)21-26-11-8-18-42(26)4/h5-7,9-10,12-14,17,19-20,22,26,30-31,38,44H,8,11,15-16,18,21,23,37H2,1-4H3,(H2,39,40,41,45)/t26-,30-,31+/m0/s1. The molecule has 6 N–H and O–H groups in total. The number of urea groups is 1. The quantitative estimate of drug-likeness (QED) is 0.168. The molecule has 10 nitrogen and oxygen atoms in total. The predicted octanol–water partition coefficient (Wildman–Crippen LogP) is 5.43. The van der Waals surface area contributed by atoms with Crippen LogP contribution < -0.4 is 26.6 Å². The molecule has 1 aromatic heterocycles. The number of carbonyl (C=O) groups excluding carboxylic acids is 1. The molecule has 0 radical (unpaired) electrons. The van der Waals surface area contributed by atoms with Gasteiger partial charge >= 0.3 is 6.03 Å². The number of amidine groups is 1. The summed E-state index contributed by atoms with van der Waals surface area (Å²) in [5, 5.41) is 24.0. The van der Waals surface area contributed by atoms with Gasteiger partial charge in [0.25, 0.3) is 0 Å². The van der Waals surface area contributed by atoms with E-state index in [1.165, 1.54) is 6.42 Å². The maximum Gasteiger partial charge on any atom is 0.320 e. The van der Waals surface area contributed by atoms with Gasteiger partial charge in [0.1, 0.15) is 23.2 Å². The lowest BCUT2D eigenvalue weighted by Gasteiger charge is -2.32. The number of nitrogens with two attached hydrogens (primary N) is 1. The molecule has 2 aromatic carbocycles. The smallest absolute Gasteiger partial charge is 0.320 e. The van der Waals surface area contributed by atoms with Crippen molar-refractivity contribution in [3.05, 3.63) is 101 Å². The highest BCUT2D eigenvalue weighted by Gasteiger charge is 2.30. The molecule has 1 aliphatic carbocycles. The van der Waals surface area contributed by atoms with Crippen molar-refractivity contribution in [3.8, 4) is 5.75 Å². The molecule has 0 unspecified atom stereocenters. The highest BCUT2D eigenvalue weighted by atomic mass is 16.5. The van der Waals surface area contributed by atoms with Crippen molar-refractivity contribution in [1.29, 1.82) is 5.41 Å². The molecule has 5 rings (SSSR count). The van der Waals surface area contributed by atoms with Gasteiger partial charge in [-0.2, -0.15) is 0 Å².